The molecule has 0 spiro atoms. The summed E-state index contributed by atoms with van der Waals surface area (Å²) in [5.41, 5.74) is 4.69. The molecule has 10 heteroatoms. The Morgan fingerprint density at radius 2 is 1.69 bits per heavy atom. The minimum atomic E-state index is -2.68. The van der Waals surface area contributed by atoms with E-state index in [2.05, 4.69) is 16.8 Å². The van der Waals surface area contributed by atoms with Crippen molar-refractivity contribution in [2.45, 2.75) is 128 Å². The van der Waals surface area contributed by atoms with Gasteiger partial charge in [0, 0.05) is 17.2 Å². The molecule has 0 aromatic rings. The molecule has 0 aromatic heterocycles. The van der Waals surface area contributed by atoms with Gasteiger partial charge >= 0.3 is 14.3 Å². The molecule has 2 rings (SSSR count). The highest BCUT2D eigenvalue weighted by atomic mass is 31.1. The Labute approximate surface area is 211 Å². The van der Waals surface area contributed by atoms with Crippen LogP contribution in [0.15, 0.2) is 12.3 Å². The van der Waals surface area contributed by atoms with Crippen LogP contribution in [0.2, 0.25) is 0 Å². The number of nitrogens with two attached hydrogens (primary N) is 1. The van der Waals surface area contributed by atoms with E-state index in [1.54, 1.807) is 0 Å². The van der Waals surface area contributed by atoms with Gasteiger partial charge in [0.2, 0.25) is 0 Å². The monoisotopic (exact) mass is 514 g/mol. The topological polar surface area (TPSA) is 131 Å². The van der Waals surface area contributed by atoms with Gasteiger partial charge in [-0.15, -0.1) is 9.42 Å². The summed E-state index contributed by atoms with van der Waals surface area (Å²) < 4.78 is 21.1. The van der Waals surface area contributed by atoms with Crippen LogP contribution in [0.25, 0.3) is 0 Å². The lowest BCUT2D eigenvalue weighted by molar-refractivity contribution is -0.123. The molecule has 0 bridgehead atoms. The van der Waals surface area contributed by atoms with E-state index in [1.165, 1.54) is 81.4 Å². The predicted octanol–water partition coefficient (Wildman–Crippen LogP) is 5.40. The molecule has 35 heavy (non-hydrogen) atoms. The lowest BCUT2D eigenvalue weighted by atomic mass is 9.98. The number of unbranched alkanes of at least 4 members (excludes halogenated alkanes) is 12. The van der Waals surface area contributed by atoms with Gasteiger partial charge in [-0.05, 0) is 25.3 Å². The number of hydrogen-bond acceptors (Lipinski definition) is 6. The quantitative estimate of drug-likeness (QED) is 0.155. The third-order valence-corrected chi connectivity index (χ3v) is 7.15. The van der Waals surface area contributed by atoms with Crippen LogP contribution in [0.4, 0.5) is 4.79 Å². The lowest BCUT2D eigenvalue weighted by Gasteiger charge is -2.36. The number of rotatable bonds is 19. The Morgan fingerprint density at radius 1 is 1.11 bits per heavy atom. The Kier molecular flexibility index (Phi) is 14.0. The summed E-state index contributed by atoms with van der Waals surface area (Å²) in [5, 5.41) is 2.61. The summed E-state index contributed by atoms with van der Waals surface area (Å²) in [6.45, 7) is 2.23. The highest BCUT2D eigenvalue weighted by Crippen LogP contribution is 2.28. The van der Waals surface area contributed by atoms with Crippen molar-refractivity contribution in [1.82, 2.24) is 10.2 Å². The van der Waals surface area contributed by atoms with Crippen LogP contribution in [0.3, 0.4) is 0 Å². The van der Waals surface area contributed by atoms with Gasteiger partial charge < -0.3 is 10.1 Å². The van der Waals surface area contributed by atoms with Crippen LogP contribution >= 0.6 is 8.25 Å². The van der Waals surface area contributed by atoms with E-state index in [9.17, 15) is 14.2 Å². The largest absolute Gasteiger partial charge is 0.694 e. The fourth-order valence-corrected chi connectivity index (χ4v) is 4.90. The number of urea groups is 1. The minimum Gasteiger partial charge on any atom is -0.352 e. The molecule has 2 amide bonds. The van der Waals surface area contributed by atoms with E-state index in [4.69, 9.17) is 15.4 Å². The molecule has 9 nitrogen and oxygen atoms in total. The zero-order valence-corrected chi connectivity index (χ0v) is 22.2. The van der Waals surface area contributed by atoms with Gasteiger partial charge in [-0.25, -0.2) is 4.79 Å². The summed E-state index contributed by atoms with van der Waals surface area (Å²) in [7, 11) is -2.68. The number of amides is 2. The zero-order chi connectivity index (χ0) is 25.5. The maximum absolute atomic E-state index is 12.7. The van der Waals surface area contributed by atoms with Crippen molar-refractivity contribution in [3.8, 4) is 0 Å². The lowest BCUT2D eigenvalue weighted by Crippen LogP contribution is -2.65. The molecule has 0 aliphatic carbocycles. The van der Waals surface area contributed by atoms with Gasteiger partial charge in [0.25, 0.3) is 0 Å². The van der Waals surface area contributed by atoms with Crippen molar-refractivity contribution >= 4 is 20.1 Å². The molecule has 2 unspecified atom stereocenters. The van der Waals surface area contributed by atoms with E-state index in [0.29, 0.717) is 19.3 Å². The summed E-state index contributed by atoms with van der Waals surface area (Å²) in [6.07, 6.45) is 19.7. The minimum absolute atomic E-state index is 0.0141. The molecule has 200 valence electrons. The summed E-state index contributed by atoms with van der Waals surface area (Å²) in [6, 6.07) is -0.492. The van der Waals surface area contributed by atoms with Crippen molar-refractivity contribution in [3.63, 3.8) is 0 Å². The van der Waals surface area contributed by atoms with E-state index < -0.39 is 26.2 Å². The fraction of sp³-hybridized carbons (Fsp3) is 0.840. The molecule has 0 radical (unpaired) electrons. The molecule has 4 atom stereocenters. The molecule has 4 N–H and O–H groups in total. The van der Waals surface area contributed by atoms with Gasteiger partial charge in [0.05, 0.1) is 6.10 Å². The normalized spacial score (nSPS) is 24.6. The Bertz CT molecular complexity index is 707. The highest BCUT2D eigenvalue weighted by molar-refractivity contribution is 7.32. The first-order chi connectivity index (χ1) is 16.9. The Balaban J connectivity index is 1.58. The number of nitrogens with zero attached hydrogens (tertiary/aromatic N) is 1. The van der Waals surface area contributed by atoms with Crippen LogP contribution < -0.4 is 11.1 Å². The molecular weight excluding hydrogens is 469 g/mol. The second kappa shape index (κ2) is 16.4. The first kappa shape index (κ1) is 29.8. The third-order valence-electron chi connectivity index (χ3n) is 6.78. The second-order valence-electron chi connectivity index (χ2n) is 9.76. The Morgan fingerprint density at radius 3 is 2.23 bits per heavy atom. The predicted molar refractivity (Wildman–Crippen MR) is 135 cm³/mol. The maximum Gasteiger partial charge on any atom is 0.694 e. The highest BCUT2D eigenvalue weighted by Gasteiger charge is 2.41. The van der Waals surface area contributed by atoms with Gasteiger partial charge in [-0.1, -0.05) is 84.0 Å². The number of hydrogen-bond donors (Lipinski definition) is 3. The molecule has 1 fully saturated rings. The summed E-state index contributed by atoms with van der Waals surface area (Å²) >= 11 is 0. The zero-order valence-electron chi connectivity index (χ0n) is 21.3. The fourth-order valence-electron chi connectivity index (χ4n) is 4.61. The number of carbonyl (C=O) groups is 2. The molecule has 2 heterocycles. The number of ketones is 1. The average molecular weight is 515 g/mol. The molecule has 1 saturated heterocycles. The number of carbonyl (C=O) groups excluding carboxylic acids is 2. The van der Waals surface area contributed by atoms with Crippen molar-refractivity contribution in [2.75, 3.05) is 6.61 Å². The molecule has 2 aliphatic rings. The van der Waals surface area contributed by atoms with E-state index in [0.717, 1.165) is 19.3 Å². The van der Waals surface area contributed by atoms with E-state index >= 15 is 0 Å². The van der Waals surface area contributed by atoms with Gasteiger partial charge in [-0.2, -0.15) is 0 Å². The van der Waals surface area contributed by atoms with Crippen LogP contribution in [-0.4, -0.2) is 46.2 Å². The average Bonchev–Trinajstić information content (AvgIpc) is 3.29. The van der Waals surface area contributed by atoms with Crippen molar-refractivity contribution in [2.24, 2.45) is 5.73 Å². The van der Waals surface area contributed by atoms with Gasteiger partial charge in [0.1, 0.15) is 12.8 Å². The van der Waals surface area contributed by atoms with Gasteiger partial charge in [-0.3, -0.25) is 15.4 Å². The van der Waals surface area contributed by atoms with Crippen molar-refractivity contribution < 1.29 is 28.3 Å². The second-order valence-corrected chi connectivity index (χ2v) is 10.5. The standard InChI is InChI=1S/C25H44N3O6P/c1-2-3-4-5-6-7-8-9-10-11-12-13-14-15-22(29)25(26)18-19-28(24(30)27-25)23-17-16-21(34-23)20-33-35(31)32/h18-19,21,23H,2-17,20,26H2,1H3,(H-,27,30,31,32)/p+1/t21-,23+,25?/m0/s1. The first-order valence-electron chi connectivity index (χ1n) is 13.4. The van der Waals surface area contributed by atoms with Crippen LogP contribution in [0.1, 0.15) is 110 Å². The van der Waals surface area contributed by atoms with Crippen LogP contribution in [0.5, 0.6) is 0 Å². The SMILES string of the molecule is CCCCCCCCCCCCCCCC(=O)C1(N)C=CN([C@H]2CC[C@@H](CO[P+](=O)O)O2)C(=O)N1. The molecule has 0 aromatic carbocycles. The van der Waals surface area contributed by atoms with Crippen molar-refractivity contribution in [3.05, 3.63) is 12.3 Å². The number of Topliss-reactive ketones (excluding diaryl/α,β-unsaturated/α-hetero) is 1. The van der Waals surface area contributed by atoms with Crippen LogP contribution in [-0.2, 0) is 18.6 Å². The first-order valence-corrected chi connectivity index (χ1v) is 14.5. The molecular formula is C25H45N3O6P+. The molecule has 2 aliphatic heterocycles. The number of ether oxygens (including phenoxy) is 1. The van der Waals surface area contributed by atoms with E-state index in [1.807, 2.05) is 0 Å². The summed E-state index contributed by atoms with van der Waals surface area (Å²) in [5.74, 6) is -0.199. The maximum atomic E-state index is 12.7. The molecule has 0 saturated carbocycles. The Hall–Kier alpha value is -1.38. The third kappa shape index (κ3) is 11.0. The van der Waals surface area contributed by atoms with Crippen molar-refractivity contribution in [1.29, 1.82) is 0 Å². The van der Waals surface area contributed by atoms with Gasteiger partial charge in [0.15, 0.2) is 11.4 Å². The smallest absolute Gasteiger partial charge is 0.352 e. The van der Waals surface area contributed by atoms with Crippen LogP contribution in [0, 0.1) is 0 Å². The summed E-state index contributed by atoms with van der Waals surface area (Å²) in [4.78, 5) is 35.4. The van der Waals surface area contributed by atoms with E-state index in [-0.39, 0.29) is 18.5 Å². The number of nitrogens with one attached hydrogen (secondary N) is 1.